The molecule has 0 aliphatic rings. The van der Waals surface area contributed by atoms with Gasteiger partial charge in [-0.2, -0.15) is 0 Å². The Bertz CT molecular complexity index is 246. The highest BCUT2D eigenvalue weighted by Crippen LogP contribution is 1.84. The zero-order chi connectivity index (χ0) is 7.40. The van der Waals surface area contributed by atoms with Crippen molar-refractivity contribution in [1.82, 2.24) is 0 Å². The Morgan fingerprint density at radius 2 is 2.27 bits per heavy atom. The summed E-state index contributed by atoms with van der Waals surface area (Å²) in [5, 5.41) is 11.1. The van der Waals surface area contributed by atoms with Crippen LogP contribution < -0.4 is 4.57 Å². The van der Waals surface area contributed by atoms with Crippen LogP contribution in [0.25, 0.3) is 0 Å². The lowest BCUT2D eigenvalue weighted by Gasteiger charge is -1.88. The Kier molecular flexibility index (Phi) is 3.88. The minimum Gasteiger partial charge on any atom is -0.411 e. The quantitative estimate of drug-likeness (QED) is 0.208. The number of hydrogen-bond acceptors (Lipinski definition) is 2. The van der Waals surface area contributed by atoms with Gasteiger partial charge in [0, 0.05) is 12.1 Å². The van der Waals surface area contributed by atoms with Crippen molar-refractivity contribution in [1.29, 1.82) is 0 Å². The van der Waals surface area contributed by atoms with E-state index in [1.54, 1.807) is 0 Å². The fourth-order valence-corrected chi connectivity index (χ4v) is 0.730. The van der Waals surface area contributed by atoms with Gasteiger partial charge < -0.3 is 12.6 Å². The van der Waals surface area contributed by atoms with Gasteiger partial charge in [-0.05, 0) is 6.07 Å². The second-order valence-electron chi connectivity index (χ2n) is 1.98. The maximum absolute atomic E-state index is 8.20. The Labute approximate surface area is 66.6 Å². The summed E-state index contributed by atoms with van der Waals surface area (Å²) >= 11 is 0. The summed E-state index contributed by atoms with van der Waals surface area (Å²) in [7, 11) is 1.89. The first-order chi connectivity index (χ1) is 4.84. The Morgan fingerprint density at radius 1 is 1.55 bits per heavy atom. The number of aromatic nitrogens is 1. The minimum atomic E-state index is 0. The van der Waals surface area contributed by atoms with Crippen molar-refractivity contribution in [2.24, 2.45) is 12.2 Å². The van der Waals surface area contributed by atoms with Crippen LogP contribution in [0.3, 0.4) is 0 Å². The topological polar surface area (TPSA) is 36.5 Å². The second kappa shape index (κ2) is 4.44. The average Bonchev–Trinajstić information content (AvgIpc) is 1.94. The molecular weight excluding hydrogens is 140 g/mol. The van der Waals surface area contributed by atoms with Crippen molar-refractivity contribution < 1.29 is 9.77 Å². The van der Waals surface area contributed by atoms with Crippen LogP contribution in [-0.2, 0) is 7.05 Å². The number of pyridine rings is 1. The smallest absolute Gasteiger partial charge is 0.226 e. The molecule has 0 bridgehead atoms. The zero-order valence-electron chi connectivity index (χ0n) is 6.73. The van der Waals surface area contributed by atoms with E-state index >= 15 is 0 Å². The summed E-state index contributed by atoms with van der Waals surface area (Å²) in [4.78, 5) is 0. The molecule has 0 fully saturated rings. The first-order valence-corrected chi connectivity index (χ1v) is 2.96. The van der Waals surface area contributed by atoms with Gasteiger partial charge in [-0.3, -0.25) is 0 Å². The van der Waals surface area contributed by atoms with Gasteiger partial charge in [0.05, 0.1) is 0 Å². The molecule has 0 saturated heterocycles. The molecule has 3 nitrogen and oxygen atoms in total. The summed E-state index contributed by atoms with van der Waals surface area (Å²) in [6.07, 6.45) is 3.27. The van der Waals surface area contributed by atoms with Gasteiger partial charge in [-0.1, -0.05) is 5.16 Å². The van der Waals surface area contributed by atoms with Crippen LogP contribution in [0.4, 0.5) is 0 Å². The highest BCUT2D eigenvalue weighted by Gasteiger charge is 1.98. The van der Waals surface area contributed by atoms with Gasteiger partial charge in [-0.15, -0.1) is 0 Å². The van der Waals surface area contributed by atoms with Crippen LogP contribution in [0.1, 0.15) is 5.69 Å². The van der Waals surface area contributed by atoms with Crippen LogP contribution in [0.15, 0.2) is 29.6 Å². The lowest BCUT2D eigenvalue weighted by Crippen LogP contribution is -2.32. The molecule has 1 aromatic heterocycles. The van der Waals surface area contributed by atoms with Crippen LogP contribution in [0.2, 0.25) is 0 Å². The summed E-state index contributed by atoms with van der Waals surface area (Å²) < 4.78 is 1.86. The molecule has 0 amide bonds. The van der Waals surface area contributed by atoms with E-state index in [9.17, 15) is 0 Å². The minimum absolute atomic E-state index is 0. The molecule has 0 aliphatic carbocycles. The molecule has 0 saturated carbocycles. The molecule has 1 aromatic rings. The van der Waals surface area contributed by atoms with E-state index in [1.165, 1.54) is 6.21 Å². The molecule has 0 radical (unpaired) electrons. The van der Waals surface area contributed by atoms with Crippen molar-refractivity contribution in [3.63, 3.8) is 0 Å². The molecule has 3 heteroatoms. The molecule has 1 rings (SSSR count). The predicted molar refractivity (Wildman–Crippen MR) is 43.4 cm³/mol. The monoisotopic (exact) mass is 152 g/mol. The summed E-state index contributed by atoms with van der Waals surface area (Å²) in [5.41, 5.74) is 0.866. The molecule has 0 spiro atoms. The third-order valence-corrected chi connectivity index (χ3v) is 1.29. The van der Waals surface area contributed by atoms with E-state index in [4.69, 9.17) is 5.21 Å². The molecule has 0 unspecified atom stereocenters. The van der Waals surface area contributed by atoms with Crippen molar-refractivity contribution in [2.45, 2.75) is 0 Å². The first kappa shape index (κ1) is 9.62. The highest BCUT2D eigenvalue weighted by atomic mass is 16.4. The Balaban J connectivity index is 0.000001000. The fraction of sp³-hybridized carbons (Fsp3) is 0.125. The standard InChI is InChI=1S/C7H8N2O.CH3/c1-9-5-3-2-4-7(9)6-8-10;/h2-6H,1H3;1H3/q;-1/p+1. The number of nitrogens with zero attached hydrogens (tertiary/aromatic N) is 2. The lowest BCUT2D eigenvalue weighted by atomic mass is 10.4. The maximum atomic E-state index is 8.20. The van der Waals surface area contributed by atoms with Gasteiger partial charge in [0.25, 0.3) is 0 Å². The van der Waals surface area contributed by atoms with E-state index in [1.807, 2.05) is 36.0 Å². The van der Waals surface area contributed by atoms with Gasteiger partial charge >= 0.3 is 0 Å². The normalized spacial score (nSPS) is 9.55. The van der Waals surface area contributed by atoms with Gasteiger partial charge in [0.1, 0.15) is 13.3 Å². The number of oxime groups is 1. The molecule has 60 valence electrons. The van der Waals surface area contributed by atoms with E-state index < -0.39 is 0 Å². The van der Waals surface area contributed by atoms with Crippen LogP contribution >= 0.6 is 0 Å². The molecule has 0 atom stereocenters. The highest BCUT2D eigenvalue weighted by molar-refractivity contribution is 5.74. The predicted octanol–water partition coefficient (Wildman–Crippen LogP) is 0.769. The average molecular weight is 152 g/mol. The number of rotatable bonds is 1. The van der Waals surface area contributed by atoms with Gasteiger partial charge in [-0.25, -0.2) is 4.57 Å². The molecular formula is C8H12N2O. The van der Waals surface area contributed by atoms with Gasteiger partial charge in [0.2, 0.25) is 5.69 Å². The van der Waals surface area contributed by atoms with E-state index in [2.05, 4.69) is 5.16 Å². The Morgan fingerprint density at radius 3 is 2.82 bits per heavy atom. The van der Waals surface area contributed by atoms with Crippen molar-refractivity contribution in [3.8, 4) is 0 Å². The summed E-state index contributed by atoms with van der Waals surface area (Å²) in [6, 6.07) is 5.66. The van der Waals surface area contributed by atoms with Crippen LogP contribution in [-0.4, -0.2) is 11.4 Å². The first-order valence-electron chi connectivity index (χ1n) is 2.96. The second-order valence-corrected chi connectivity index (χ2v) is 1.98. The molecule has 0 aromatic carbocycles. The van der Waals surface area contributed by atoms with E-state index in [-0.39, 0.29) is 7.43 Å². The van der Waals surface area contributed by atoms with Crippen molar-refractivity contribution in [2.75, 3.05) is 0 Å². The number of hydrogen-bond donors (Lipinski definition) is 1. The SMILES string of the molecule is C[n+]1ccccc1/C=N\O.[CH3-]. The van der Waals surface area contributed by atoms with Crippen molar-refractivity contribution >= 4 is 6.21 Å². The zero-order valence-corrected chi connectivity index (χ0v) is 6.73. The van der Waals surface area contributed by atoms with E-state index in [0.29, 0.717) is 0 Å². The molecule has 11 heavy (non-hydrogen) atoms. The Hall–Kier alpha value is -1.38. The summed E-state index contributed by atoms with van der Waals surface area (Å²) in [5.74, 6) is 0. The largest absolute Gasteiger partial charge is 0.411 e. The van der Waals surface area contributed by atoms with Crippen LogP contribution in [0, 0.1) is 7.43 Å². The molecule has 1 N–H and O–H groups in total. The summed E-state index contributed by atoms with van der Waals surface area (Å²) in [6.45, 7) is 0. The van der Waals surface area contributed by atoms with Crippen molar-refractivity contribution in [3.05, 3.63) is 37.5 Å². The molecule has 1 heterocycles. The number of aryl methyl sites for hydroxylation is 1. The lowest BCUT2D eigenvalue weighted by molar-refractivity contribution is -0.672. The fourth-order valence-electron chi connectivity index (χ4n) is 0.730. The van der Waals surface area contributed by atoms with Gasteiger partial charge in [0.15, 0.2) is 6.20 Å². The maximum Gasteiger partial charge on any atom is 0.226 e. The van der Waals surface area contributed by atoms with Crippen LogP contribution in [0.5, 0.6) is 0 Å². The van der Waals surface area contributed by atoms with E-state index in [0.717, 1.165) is 5.69 Å². The molecule has 0 aliphatic heterocycles. The third-order valence-electron chi connectivity index (χ3n) is 1.29. The third kappa shape index (κ3) is 2.37.